The lowest BCUT2D eigenvalue weighted by molar-refractivity contribution is 1.48. The van der Waals surface area contributed by atoms with Crippen LogP contribution < -0.4 is 0 Å². The Balaban J connectivity index is 2.96. The number of alkyl halides is 1. The predicted octanol–water partition coefficient (Wildman–Crippen LogP) is 2.15. The van der Waals surface area contributed by atoms with E-state index in [2.05, 4.69) is 11.8 Å². The number of halogens is 1. The van der Waals surface area contributed by atoms with Crippen LogP contribution in [0.3, 0.4) is 0 Å². The standard InChI is InChI=1S/C10H6ClN/c11-6-2-5-9-3-1-4-10(7-9)8-12/h1,3-4,7H,6H2. The smallest absolute Gasteiger partial charge is 0.0992 e. The van der Waals surface area contributed by atoms with Crippen molar-refractivity contribution in [3.63, 3.8) is 0 Å². The Hall–Kier alpha value is -1.44. The minimum atomic E-state index is 0.316. The van der Waals surface area contributed by atoms with Crippen LogP contribution in [0.2, 0.25) is 0 Å². The van der Waals surface area contributed by atoms with Gasteiger partial charge >= 0.3 is 0 Å². The zero-order valence-electron chi connectivity index (χ0n) is 6.34. The monoisotopic (exact) mass is 175 g/mol. The Morgan fingerprint density at radius 3 is 2.75 bits per heavy atom. The fourth-order valence-electron chi connectivity index (χ4n) is 0.802. The highest BCUT2D eigenvalue weighted by Crippen LogP contribution is 2.01. The molecule has 0 amide bonds. The maximum Gasteiger partial charge on any atom is 0.0992 e. The highest BCUT2D eigenvalue weighted by molar-refractivity contribution is 6.19. The van der Waals surface area contributed by atoms with Crippen LogP contribution in [0.15, 0.2) is 24.3 Å². The SMILES string of the molecule is N#Cc1cccc(C#CCCl)c1. The van der Waals surface area contributed by atoms with Crippen molar-refractivity contribution < 1.29 is 0 Å². The number of nitrogens with zero attached hydrogens (tertiary/aromatic N) is 1. The van der Waals surface area contributed by atoms with Crippen LogP contribution in [0.1, 0.15) is 11.1 Å². The topological polar surface area (TPSA) is 23.8 Å². The van der Waals surface area contributed by atoms with Crippen molar-refractivity contribution in [3.05, 3.63) is 35.4 Å². The summed E-state index contributed by atoms with van der Waals surface area (Å²) in [7, 11) is 0. The van der Waals surface area contributed by atoms with Gasteiger partial charge in [-0.3, -0.25) is 0 Å². The Morgan fingerprint density at radius 2 is 2.08 bits per heavy atom. The highest BCUT2D eigenvalue weighted by atomic mass is 35.5. The summed E-state index contributed by atoms with van der Waals surface area (Å²) in [5.41, 5.74) is 1.45. The van der Waals surface area contributed by atoms with Crippen LogP contribution in [-0.4, -0.2) is 5.88 Å². The van der Waals surface area contributed by atoms with Gasteiger partial charge in [-0.15, -0.1) is 11.6 Å². The molecule has 1 aromatic carbocycles. The first kappa shape index (κ1) is 8.65. The van der Waals surface area contributed by atoms with Gasteiger partial charge in [0.2, 0.25) is 0 Å². The number of benzene rings is 1. The molecule has 0 spiro atoms. The van der Waals surface area contributed by atoms with Crippen LogP contribution in [0.4, 0.5) is 0 Å². The lowest BCUT2D eigenvalue weighted by Gasteiger charge is -1.89. The van der Waals surface area contributed by atoms with Crippen molar-refractivity contribution in [3.8, 4) is 17.9 Å². The lowest BCUT2D eigenvalue weighted by Crippen LogP contribution is -1.77. The van der Waals surface area contributed by atoms with E-state index in [1.54, 1.807) is 18.2 Å². The van der Waals surface area contributed by atoms with Gasteiger partial charge in [0.25, 0.3) is 0 Å². The van der Waals surface area contributed by atoms with Crippen molar-refractivity contribution in [2.45, 2.75) is 0 Å². The van der Waals surface area contributed by atoms with E-state index in [1.165, 1.54) is 0 Å². The van der Waals surface area contributed by atoms with Gasteiger partial charge in [-0.05, 0) is 18.2 Å². The van der Waals surface area contributed by atoms with Gasteiger partial charge in [-0.25, -0.2) is 0 Å². The fraction of sp³-hybridized carbons (Fsp3) is 0.100. The van der Waals surface area contributed by atoms with Crippen molar-refractivity contribution in [1.29, 1.82) is 5.26 Å². The second kappa shape index (κ2) is 4.44. The van der Waals surface area contributed by atoms with Gasteiger partial charge < -0.3 is 0 Å². The van der Waals surface area contributed by atoms with Gasteiger partial charge in [0.1, 0.15) is 0 Å². The number of nitriles is 1. The molecular formula is C10H6ClN. The molecule has 0 saturated heterocycles. The summed E-state index contributed by atoms with van der Waals surface area (Å²) in [4.78, 5) is 0. The molecule has 0 unspecified atom stereocenters. The van der Waals surface area contributed by atoms with Gasteiger partial charge in [0.05, 0.1) is 17.5 Å². The average Bonchev–Trinajstić information content (AvgIpc) is 2.15. The van der Waals surface area contributed by atoms with Crippen molar-refractivity contribution >= 4 is 11.6 Å². The first-order valence-electron chi connectivity index (χ1n) is 3.42. The molecule has 1 rings (SSSR count). The van der Waals surface area contributed by atoms with E-state index in [0.29, 0.717) is 11.4 Å². The van der Waals surface area contributed by atoms with Crippen molar-refractivity contribution in [1.82, 2.24) is 0 Å². The quantitative estimate of drug-likeness (QED) is 0.438. The second-order valence-electron chi connectivity index (χ2n) is 2.13. The molecule has 12 heavy (non-hydrogen) atoms. The first-order chi connectivity index (χ1) is 5.86. The minimum absolute atomic E-state index is 0.316. The molecule has 0 atom stereocenters. The van der Waals surface area contributed by atoms with E-state index < -0.39 is 0 Å². The van der Waals surface area contributed by atoms with Crippen LogP contribution in [-0.2, 0) is 0 Å². The van der Waals surface area contributed by atoms with Crippen molar-refractivity contribution in [2.24, 2.45) is 0 Å². The molecule has 0 radical (unpaired) electrons. The molecule has 0 N–H and O–H groups in total. The summed E-state index contributed by atoms with van der Waals surface area (Å²) >= 11 is 5.39. The summed E-state index contributed by atoms with van der Waals surface area (Å²) < 4.78 is 0. The van der Waals surface area contributed by atoms with Crippen LogP contribution in [0.25, 0.3) is 0 Å². The molecule has 0 aliphatic rings. The molecular weight excluding hydrogens is 170 g/mol. The third-order valence-electron chi connectivity index (χ3n) is 1.29. The van der Waals surface area contributed by atoms with E-state index in [1.807, 2.05) is 12.1 Å². The molecule has 0 saturated carbocycles. The third kappa shape index (κ3) is 2.31. The van der Waals surface area contributed by atoms with Gasteiger partial charge in [-0.2, -0.15) is 5.26 Å². The summed E-state index contributed by atoms with van der Waals surface area (Å²) in [6.07, 6.45) is 0. The average molecular weight is 176 g/mol. The van der Waals surface area contributed by atoms with E-state index in [0.717, 1.165) is 5.56 Å². The summed E-state index contributed by atoms with van der Waals surface area (Å²) in [6, 6.07) is 9.17. The molecule has 0 aromatic heterocycles. The fourth-order valence-corrected chi connectivity index (χ4v) is 0.869. The third-order valence-corrected chi connectivity index (χ3v) is 1.42. The Morgan fingerprint density at radius 1 is 1.33 bits per heavy atom. The number of hydrogen-bond donors (Lipinski definition) is 0. The highest BCUT2D eigenvalue weighted by Gasteiger charge is 1.89. The Kier molecular flexibility index (Phi) is 3.20. The predicted molar refractivity (Wildman–Crippen MR) is 48.8 cm³/mol. The zero-order chi connectivity index (χ0) is 8.81. The summed E-state index contributed by atoms with van der Waals surface area (Å²) in [5, 5.41) is 8.56. The van der Waals surface area contributed by atoms with Gasteiger partial charge in [0, 0.05) is 5.56 Å². The summed E-state index contributed by atoms with van der Waals surface area (Å²) in [6.45, 7) is 0. The summed E-state index contributed by atoms with van der Waals surface area (Å²) in [5.74, 6) is 5.87. The second-order valence-corrected chi connectivity index (χ2v) is 2.40. The molecule has 0 heterocycles. The maximum atomic E-state index is 8.56. The minimum Gasteiger partial charge on any atom is -0.192 e. The van der Waals surface area contributed by atoms with E-state index >= 15 is 0 Å². The first-order valence-corrected chi connectivity index (χ1v) is 3.95. The van der Waals surface area contributed by atoms with Gasteiger partial charge in [0.15, 0.2) is 0 Å². The molecule has 0 aliphatic carbocycles. The van der Waals surface area contributed by atoms with Crippen LogP contribution in [0, 0.1) is 23.2 Å². The molecule has 1 aromatic rings. The van der Waals surface area contributed by atoms with Gasteiger partial charge in [-0.1, -0.05) is 17.9 Å². The Bertz CT molecular complexity index is 365. The molecule has 0 aliphatic heterocycles. The lowest BCUT2D eigenvalue weighted by atomic mass is 10.1. The number of rotatable bonds is 0. The maximum absolute atomic E-state index is 8.56. The van der Waals surface area contributed by atoms with E-state index in [9.17, 15) is 0 Å². The number of hydrogen-bond acceptors (Lipinski definition) is 1. The van der Waals surface area contributed by atoms with E-state index in [4.69, 9.17) is 16.9 Å². The van der Waals surface area contributed by atoms with E-state index in [-0.39, 0.29) is 0 Å². The molecule has 2 heteroatoms. The Labute approximate surface area is 76.6 Å². The normalized spacial score (nSPS) is 8.00. The van der Waals surface area contributed by atoms with Crippen molar-refractivity contribution in [2.75, 3.05) is 5.88 Å². The molecule has 0 bridgehead atoms. The largest absolute Gasteiger partial charge is 0.192 e. The van der Waals surface area contributed by atoms with Crippen LogP contribution in [0.5, 0.6) is 0 Å². The van der Waals surface area contributed by atoms with Crippen LogP contribution >= 0.6 is 11.6 Å². The molecule has 0 fully saturated rings. The molecule has 1 nitrogen and oxygen atoms in total. The molecule has 58 valence electrons. The zero-order valence-corrected chi connectivity index (χ0v) is 7.10.